The number of benzene rings is 1. The van der Waals surface area contributed by atoms with Gasteiger partial charge in [-0.15, -0.1) is 0 Å². The molecule has 0 radical (unpaired) electrons. The number of carbonyl (C=O) groups excluding carboxylic acids is 1. The minimum Gasteiger partial charge on any atom is -0.323 e. The summed E-state index contributed by atoms with van der Waals surface area (Å²) in [5.41, 5.74) is 2.07. The van der Waals surface area contributed by atoms with Crippen LogP contribution in [0.4, 0.5) is 10.5 Å². The quantitative estimate of drug-likeness (QED) is 0.780. The summed E-state index contributed by atoms with van der Waals surface area (Å²) in [5, 5.41) is 3.13. The Morgan fingerprint density at radius 2 is 2.08 bits per heavy atom. The van der Waals surface area contributed by atoms with Gasteiger partial charge in [0, 0.05) is 25.3 Å². The van der Waals surface area contributed by atoms with Gasteiger partial charge >= 0.3 is 6.03 Å². The molecule has 4 nitrogen and oxygen atoms in total. The molecule has 3 unspecified atom stereocenters. The van der Waals surface area contributed by atoms with Crippen LogP contribution in [0.15, 0.2) is 36.4 Å². The Hall–Kier alpha value is -1.81. The van der Waals surface area contributed by atoms with Gasteiger partial charge in [-0.1, -0.05) is 24.3 Å². The molecule has 1 heterocycles. The molecule has 1 saturated heterocycles. The Balaban J connectivity index is 1.40. The second-order valence-electron chi connectivity index (χ2n) is 8.33. The standard InChI is InChI=1S/C22H31N3O/c1-17-5-4-6-21(13-17)23-22(26)25(12-11-24-9-2-3-10-24)16-20-15-18-7-8-19(20)14-18/h4-8,13,18-20H,2-3,9-12,14-16H2,1H3,(H,23,26). The topological polar surface area (TPSA) is 35.6 Å². The number of aryl methyl sites for hydroxylation is 1. The fraction of sp³-hybridized carbons (Fsp3) is 0.591. The number of amides is 2. The van der Waals surface area contributed by atoms with Gasteiger partial charge in [0.15, 0.2) is 0 Å². The molecule has 140 valence electrons. The van der Waals surface area contributed by atoms with E-state index in [-0.39, 0.29) is 6.03 Å². The molecule has 2 amide bonds. The van der Waals surface area contributed by atoms with Crippen molar-refractivity contribution in [3.63, 3.8) is 0 Å². The van der Waals surface area contributed by atoms with E-state index in [9.17, 15) is 4.79 Å². The number of likely N-dealkylation sites (tertiary alicyclic amines) is 1. The molecule has 0 spiro atoms. The molecule has 0 aromatic heterocycles. The zero-order valence-electron chi connectivity index (χ0n) is 15.9. The SMILES string of the molecule is Cc1cccc(NC(=O)N(CCN2CCCC2)CC2CC3C=CC2C3)c1. The molecular formula is C22H31N3O. The largest absolute Gasteiger partial charge is 0.323 e. The molecule has 1 N–H and O–H groups in total. The summed E-state index contributed by atoms with van der Waals surface area (Å²) >= 11 is 0. The van der Waals surface area contributed by atoms with E-state index >= 15 is 0 Å². The first kappa shape index (κ1) is 17.6. The average molecular weight is 354 g/mol. The minimum atomic E-state index is 0.0570. The maximum Gasteiger partial charge on any atom is 0.321 e. The minimum absolute atomic E-state index is 0.0570. The summed E-state index contributed by atoms with van der Waals surface area (Å²) < 4.78 is 0. The zero-order chi connectivity index (χ0) is 17.9. The number of carbonyl (C=O) groups is 1. The molecule has 1 saturated carbocycles. The van der Waals surface area contributed by atoms with E-state index in [1.807, 2.05) is 18.2 Å². The predicted octanol–water partition coefficient (Wildman–Crippen LogP) is 4.14. The van der Waals surface area contributed by atoms with E-state index in [4.69, 9.17) is 0 Å². The third-order valence-electron chi connectivity index (χ3n) is 6.31. The zero-order valence-corrected chi connectivity index (χ0v) is 15.9. The monoisotopic (exact) mass is 353 g/mol. The molecule has 2 aliphatic carbocycles. The predicted molar refractivity (Wildman–Crippen MR) is 106 cm³/mol. The molecule has 3 aliphatic rings. The third kappa shape index (κ3) is 4.12. The lowest BCUT2D eigenvalue weighted by Gasteiger charge is -2.30. The van der Waals surface area contributed by atoms with Crippen LogP contribution in [0.25, 0.3) is 0 Å². The van der Waals surface area contributed by atoms with Crippen LogP contribution in [-0.4, -0.2) is 48.6 Å². The van der Waals surface area contributed by atoms with Gasteiger partial charge in [-0.3, -0.25) is 0 Å². The van der Waals surface area contributed by atoms with Crippen molar-refractivity contribution < 1.29 is 4.79 Å². The number of nitrogens with one attached hydrogen (secondary N) is 1. The maximum atomic E-state index is 13.0. The summed E-state index contributed by atoms with van der Waals surface area (Å²) in [6.45, 7) is 7.14. The highest BCUT2D eigenvalue weighted by molar-refractivity contribution is 5.89. The fourth-order valence-electron chi connectivity index (χ4n) is 4.86. The van der Waals surface area contributed by atoms with Gasteiger partial charge in [0.05, 0.1) is 0 Å². The number of anilines is 1. The van der Waals surface area contributed by atoms with Crippen molar-refractivity contribution in [1.82, 2.24) is 9.80 Å². The lowest BCUT2D eigenvalue weighted by Crippen LogP contribution is -2.43. The van der Waals surface area contributed by atoms with Crippen molar-refractivity contribution in [2.45, 2.75) is 32.6 Å². The fourth-order valence-corrected chi connectivity index (χ4v) is 4.86. The Bertz CT molecular complexity index is 665. The number of urea groups is 1. The van der Waals surface area contributed by atoms with E-state index in [1.54, 1.807) is 0 Å². The summed E-state index contributed by atoms with van der Waals surface area (Å²) in [6.07, 6.45) is 9.90. The smallest absolute Gasteiger partial charge is 0.321 e. The van der Waals surface area contributed by atoms with Crippen LogP contribution in [-0.2, 0) is 0 Å². The normalized spacial score (nSPS) is 27.2. The van der Waals surface area contributed by atoms with Crippen molar-refractivity contribution in [3.8, 4) is 0 Å². The van der Waals surface area contributed by atoms with E-state index in [0.29, 0.717) is 11.8 Å². The van der Waals surface area contributed by atoms with Gasteiger partial charge < -0.3 is 15.1 Å². The van der Waals surface area contributed by atoms with Crippen molar-refractivity contribution >= 4 is 11.7 Å². The van der Waals surface area contributed by atoms with Gasteiger partial charge in [-0.25, -0.2) is 4.79 Å². The van der Waals surface area contributed by atoms with E-state index in [2.05, 4.69) is 40.3 Å². The highest BCUT2D eigenvalue weighted by Crippen LogP contribution is 2.43. The second kappa shape index (κ2) is 7.83. The molecular weight excluding hydrogens is 322 g/mol. The molecule has 3 atom stereocenters. The Kier molecular flexibility index (Phi) is 5.30. The summed E-state index contributed by atoms with van der Waals surface area (Å²) in [7, 11) is 0. The van der Waals surface area contributed by atoms with Crippen LogP contribution in [0.1, 0.15) is 31.2 Å². The van der Waals surface area contributed by atoms with Crippen LogP contribution in [0.5, 0.6) is 0 Å². The highest BCUT2D eigenvalue weighted by Gasteiger charge is 2.37. The summed E-state index contributed by atoms with van der Waals surface area (Å²) in [6, 6.07) is 8.13. The third-order valence-corrected chi connectivity index (χ3v) is 6.31. The molecule has 1 aromatic carbocycles. The van der Waals surface area contributed by atoms with Gasteiger partial charge in [0.1, 0.15) is 0 Å². The molecule has 26 heavy (non-hydrogen) atoms. The molecule has 1 aromatic rings. The number of allylic oxidation sites excluding steroid dienone is 2. The van der Waals surface area contributed by atoms with Crippen molar-refractivity contribution in [3.05, 3.63) is 42.0 Å². The number of rotatable bonds is 6. The summed E-state index contributed by atoms with van der Waals surface area (Å²) in [4.78, 5) is 17.6. The first-order valence-corrected chi connectivity index (χ1v) is 10.2. The lowest BCUT2D eigenvalue weighted by molar-refractivity contribution is 0.184. The molecule has 4 heteroatoms. The van der Waals surface area contributed by atoms with Crippen LogP contribution in [0, 0.1) is 24.7 Å². The summed E-state index contributed by atoms with van der Waals surface area (Å²) in [5.74, 6) is 2.07. The van der Waals surface area contributed by atoms with Crippen LogP contribution < -0.4 is 5.32 Å². The Morgan fingerprint density at radius 1 is 1.23 bits per heavy atom. The lowest BCUT2D eigenvalue weighted by atomic mass is 9.93. The first-order valence-electron chi connectivity index (χ1n) is 10.2. The average Bonchev–Trinajstić information content (AvgIpc) is 3.36. The Labute approximate surface area is 157 Å². The van der Waals surface area contributed by atoms with Crippen LogP contribution in [0.3, 0.4) is 0 Å². The maximum absolute atomic E-state index is 13.0. The van der Waals surface area contributed by atoms with Crippen molar-refractivity contribution in [1.29, 1.82) is 0 Å². The Morgan fingerprint density at radius 3 is 2.77 bits per heavy atom. The number of fused-ring (bicyclic) bond motifs is 2. The van der Waals surface area contributed by atoms with Crippen molar-refractivity contribution in [2.24, 2.45) is 17.8 Å². The highest BCUT2D eigenvalue weighted by atomic mass is 16.2. The molecule has 2 bridgehead atoms. The van der Waals surface area contributed by atoms with E-state index in [0.717, 1.165) is 31.2 Å². The second-order valence-corrected chi connectivity index (χ2v) is 8.33. The number of hydrogen-bond donors (Lipinski definition) is 1. The molecule has 1 aliphatic heterocycles. The van der Waals surface area contributed by atoms with Gasteiger partial charge in [0.2, 0.25) is 0 Å². The first-order chi connectivity index (χ1) is 12.7. The van der Waals surface area contributed by atoms with Gasteiger partial charge in [-0.05, 0) is 81.1 Å². The van der Waals surface area contributed by atoms with E-state index in [1.165, 1.54) is 44.3 Å². The number of nitrogens with zero attached hydrogens (tertiary/aromatic N) is 2. The molecule has 4 rings (SSSR count). The van der Waals surface area contributed by atoms with Crippen LogP contribution >= 0.6 is 0 Å². The van der Waals surface area contributed by atoms with Gasteiger partial charge in [-0.2, -0.15) is 0 Å². The molecule has 2 fully saturated rings. The van der Waals surface area contributed by atoms with E-state index < -0.39 is 0 Å². The van der Waals surface area contributed by atoms with Crippen molar-refractivity contribution in [2.75, 3.05) is 38.0 Å². The van der Waals surface area contributed by atoms with Crippen LogP contribution in [0.2, 0.25) is 0 Å². The number of hydrogen-bond acceptors (Lipinski definition) is 2. The van der Waals surface area contributed by atoms with Gasteiger partial charge in [0.25, 0.3) is 0 Å².